The molecule has 0 saturated heterocycles. The number of halogens is 1. The number of rotatable bonds is 6. The van der Waals surface area contributed by atoms with Gasteiger partial charge < -0.3 is 16.2 Å². The summed E-state index contributed by atoms with van der Waals surface area (Å²) in [6, 6.07) is 3.56. The Hall–Kier alpha value is -0.780. The summed E-state index contributed by atoms with van der Waals surface area (Å²) in [5, 5.41) is 12.9. The highest BCUT2D eigenvalue weighted by Gasteiger charge is 2.09. The average molecular weight is 290 g/mol. The van der Waals surface area contributed by atoms with E-state index in [0.717, 1.165) is 17.8 Å². The van der Waals surface area contributed by atoms with Crippen LogP contribution in [-0.4, -0.2) is 24.2 Å². The molecule has 1 heterocycles. The van der Waals surface area contributed by atoms with Gasteiger partial charge in [-0.3, -0.25) is 4.99 Å². The van der Waals surface area contributed by atoms with Gasteiger partial charge in [-0.2, -0.15) is 0 Å². The molecule has 0 aliphatic heterocycles. The molecule has 102 valence electrons. The Labute approximate surface area is 117 Å². The zero-order chi connectivity index (χ0) is 13.5. The van der Waals surface area contributed by atoms with E-state index in [1.54, 1.807) is 12.1 Å². The van der Waals surface area contributed by atoms with Crippen LogP contribution in [0.25, 0.3) is 0 Å². The van der Waals surface area contributed by atoms with E-state index in [4.69, 9.17) is 17.3 Å². The average Bonchev–Trinajstić information content (AvgIpc) is 2.72. The van der Waals surface area contributed by atoms with Crippen LogP contribution >= 0.6 is 22.9 Å². The fourth-order valence-electron chi connectivity index (χ4n) is 1.33. The third kappa shape index (κ3) is 5.71. The summed E-state index contributed by atoms with van der Waals surface area (Å²) in [7, 11) is 0. The van der Waals surface area contributed by atoms with Crippen LogP contribution in [0, 0.1) is 5.92 Å². The fraction of sp³-hybridized carbons (Fsp3) is 0.583. The molecule has 0 aromatic carbocycles. The maximum atomic E-state index is 9.86. The molecule has 4 nitrogen and oxygen atoms in total. The van der Waals surface area contributed by atoms with Crippen molar-refractivity contribution in [1.82, 2.24) is 5.32 Å². The topological polar surface area (TPSA) is 70.6 Å². The lowest BCUT2D eigenvalue weighted by Gasteiger charge is -2.09. The van der Waals surface area contributed by atoms with Crippen LogP contribution in [0.15, 0.2) is 17.1 Å². The van der Waals surface area contributed by atoms with Crippen molar-refractivity contribution in [2.45, 2.75) is 26.4 Å². The van der Waals surface area contributed by atoms with Gasteiger partial charge in [-0.1, -0.05) is 25.4 Å². The van der Waals surface area contributed by atoms with Crippen molar-refractivity contribution in [3.8, 4) is 0 Å². The second-order valence-corrected chi connectivity index (χ2v) is 6.24. The number of hydrogen-bond donors (Lipinski definition) is 3. The lowest BCUT2D eigenvalue weighted by molar-refractivity contribution is 0.191. The van der Waals surface area contributed by atoms with Crippen LogP contribution in [0.5, 0.6) is 0 Å². The van der Waals surface area contributed by atoms with Gasteiger partial charge in [0.05, 0.1) is 10.9 Å². The highest BCUT2D eigenvalue weighted by molar-refractivity contribution is 7.16. The van der Waals surface area contributed by atoms with Crippen molar-refractivity contribution in [3.05, 3.63) is 21.3 Å². The highest BCUT2D eigenvalue weighted by atomic mass is 35.5. The van der Waals surface area contributed by atoms with Crippen LogP contribution < -0.4 is 11.1 Å². The first-order valence-corrected chi connectivity index (χ1v) is 7.15. The minimum atomic E-state index is -0.645. The molecule has 1 atom stereocenters. The number of aliphatic hydroxyl groups excluding tert-OH is 1. The van der Waals surface area contributed by atoms with Crippen molar-refractivity contribution in [1.29, 1.82) is 0 Å². The molecular formula is C12H20ClN3OS. The maximum absolute atomic E-state index is 9.86. The molecular weight excluding hydrogens is 270 g/mol. The number of guanidine groups is 1. The number of nitrogens with one attached hydrogen (secondary N) is 1. The van der Waals surface area contributed by atoms with E-state index < -0.39 is 6.10 Å². The summed E-state index contributed by atoms with van der Waals surface area (Å²) in [6.45, 7) is 5.35. The molecule has 0 aliphatic rings. The summed E-state index contributed by atoms with van der Waals surface area (Å²) in [5.41, 5.74) is 5.70. The van der Waals surface area contributed by atoms with Gasteiger partial charge in [0.15, 0.2) is 5.96 Å². The van der Waals surface area contributed by atoms with E-state index in [0.29, 0.717) is 16.2 Å². The Balaban J connectivity index is 2.33. The predicted molar refractivity (Wildman–Crippen MR) is 78.2 cm³/mol. The number of aliphatic hydroxyl groups is 1. The molecule has 1 unspecified atom stereocenters. The lowest BCUT2D eigenvalue weighted by atomic mass is 10.1. The number of thiophene rings is 1. The molecule has 0 spiro atoms. The standard InChI is InChI=1S/C12H20ClN3OS/c1-8(2)5-6-15-12(14)16-7-9(17)10-3-4-11(13)18-10/h3-4,8-9,17H,5-7H2,1-2H3,(H3,14,15,16). The van der Waals surface area contributed by atoms with E-state index >= 15 is 0 Å². The second kappa shape index (κ2) is 7.61. The monoisotopic (exact) mass is 289 g/mol. The van der Waals surface area contributed by atoms with Crippen molar-refractivity contribution in [3.63, 3.8) is 0 Å². The third-order valence-corrected chi connectivity index (χ3v) is 3.72. The normalized spacial score (nSPS) is 13.9. The first kappa shape index (κ1) is 15.3. The van der Waals surface area contributed by atoms with Gasteiger partial charge in [0.25, 0.3) is 0 Å². The van der Waals surface area contributed by atoms with E-state index in [2.05, 4.69) is 24.2 Å². The van der Waals surface area contributed by atoms with Gasteiger partial charge >= 0.3 is 0 Å². The predicted octanol–water partition coefficient (Wildman–Crippen LogP) is 2.39. The van der Waals surface area contributed by atoms with E-state index in [1.165, 1.54) is 11.3 Å². The Morgan fingerprint density at radius 3 is 2.83 bits per heavy atom. The van der Waals surface area contributed by atoms with Crippen LogP contribution in [-0.2, 0) is 0 Å². The molecule has 0 radical (unpaired) electrons. The largest absolute Gasteiger partial charge is 0.386 e. The number of aliphatic imine (C=N–C) groups is 1. The maximum Gasteiger partial charge on any atom is 0.188 e. The van der Waals surface area contributed by atoms with Crippen LogP contribution in [0.1, 0.15) is 31.2 Å². The van der Waals surface area contributed by atoms with Crippen molar-refractivity contribution < 1.29 is 5.11 Å². The quantitative estimate of drug-likeness (QED) is 0.556. The SMILES string of the molecule is CC(C)CCNC(N)=NCC(O)c1ccc(Cl)s1. The zero-order valence-corrected chi connectivity index (χ0v) is 12.3. The molecule has 4 N–H and O–H groups in total. The summed E-state index contributed by atoms with van der Waals surface area (Å²) in [4.78, 5) is 4.91. The smallest absolute Gasteiger partial charge is 0.188 e. The molecule has 0 fully saturated rings. The summed E-state index contributed by atoms with van der Waals surface area (Å²) >= 11 is 7.15. The fourth-order valence-corrected chi connectivity index (χ4v) is 2.37. The second-order valence-electron chi connectivity index (χ2n) is 4.49. The van der Waals surface area contributed by atoms with Crippen LogP contribution in [0.4, 0.5) is 0 Å². The minimum Gasteiger partial charge on any atom is -0.386 e. The van der Waals surface area contributed by atoms with Gasteiger partial charge in [0.2, 0.25) is 0 Å². The molecule has 0 amide bonds. The summed E-state index contributed by atoms with van der Waals surface area (Å²) in [6.07, 6.45) is 0.396. The molecule has 1 rings (SSSR count). The lowest BCUT2D eigenvalue weighted by Crippen LogP contribution is -2.33. The van der Waals surface area contributed by atoms with E-state index in [9.17, 15) is 5.11 Å². The Bertz CT molecular complexity index is 392. The Morgan fingerprint density at radius 1 is 1.56 bits per heavy atom. The highest BCUT2D eigenvalue weighted by Crippen LogP contribution is 2.26. The Kier molecular flexibility index (Phi) is 6.46. The zero-order valence-electron chi connectivity index (χ0n) is 10.7. The number of hydrogen-bond acceptors (Lipinski definition) is 3. The van der Waals surface area contributed by atoms with E-state index in [-0.39, 0.29) is 6.54 Å². The van der Waals surface area contributed by atoms with Gasteiger partial charge in [-0.05, 0) is 24.5 Å². The molecule has 18 heavy (non-hydrogen) atoms. The number of nitrogens with zero attached hydrogens (tertiary/aromatic N) is 1. The van der Waals surface area contributed by atoms with Crippen molar-refractivity contribution >= 4 is 28.9 Å². The van der Waals surface area contributed by atoms with Crippen molar-refractivity contribution in [2.24, 2.45) is 16.6 Å². The van der Waals surface area contributed by atoms with Gasteiger partial charge in [-0.25, -0.2) is 0 Å². The summed E-state index contributed by atoms with van der Waals surface area (Å²) in [5.74, 6) is 1.00. The van der Waals surface area contributed by atoms with Crippen molar-refractivity contribution in [2.75, 3.05) is 13.1 Å². The Morgan fingerprint density at radius 2 is 2.28 bits per heavy atom. The molecule has 0 aliphatic carbocycles. The van der Waals surface area contributed by atoms with Gasteiger partial charge in [0.1, 0.15) is 6.10 Å². The molecule has 0 bridgehead atoms. The minimum absolute atomic E-state index is 0.247. The number of nitrogens with two attached hydrogens (primary N) is 1. The van der Waals surface area contributed by atoms with E-state index in [1.807, 2.05) is 0 Å². The third-order valence-electron chi connectivity index (χ3n) is 2.38. The molecule has 1 aromatic rings. The van der Waals surface area contributed by atoms with Gasteiger partial charge in [0, 0.05) is 11.4 Å². The van der Waals surface area contributed by atoms with Gasteiger partial charge in [-0.15, -0.1) is 11.3 Å². The molecule has 1 aromatic heterocycles. The first-order valence-electron chi connectivity index (χ1n) is 5.96. The molecule has 0 saturated carbocycles. The molecule has 6 heteroatoms. The van der Waals surface area contributed by atoms with Crippen LogP contribution in [0.3, 0.4) is 0 Å². The first-order chi connectivity index (χ1) is 8.49. The summed E-state index contributed by atoms with van der Waals surface area (Å²) < 4.78 is 0.663. The van der Waals surface area contributed by atoms with Crippen LogP contribution in [0.2, 0.25) is 4.34 Å².